The molecule has 0 aliphatic carbocycles. The van der Waals surface area contributed by atoms with Gasteiger partial charge in [0.2, 0.25) is 5.91 Å². The minimum atomic E-state index is -4.54. The highest BCUT2D eigenvalue weighted by atomic mass is 33.1. The molecule has 15 nitrogen and oxygen atoms in total. The number of amides is 2. The number of aliphatic hydroxyl groups excluding tert-OH is 1. The third-order valence-corrected chi connectivity index (χ3v) is 14.0. The first-order valence-electron chi connectivity index (χ1n) is 17.1. The van der Waals surface area contributed by atoms with Gasteiger partial charge in [-0.05, 0) is 44.7 Å². The van der Waals surface area contributed by atoms with Crippen LogP contribution in [-0.4, -0.2) is 139 Å². The Bertz CT molecular complexity index is 1400. The second-order valence-electron chi connectivity index (χ2n) is 13.1. The van der Waals surface area contributed by atoms with Gasteiger partial charge in [-0.3, -0.25) is 14.2 Å². The van der Waals surface area contributed by atoms with Crippen molar-refractivity contribution in [3.05, 3.63) is 29.8 Å². The van der Waals surface area contributed by atoms with E-state index in [1.54, 1.807) is 42.3 Å². The van der Waals surface area contributed by atoms with Gasteiger partial charge in [0.1, 0.15) is 35.9 Å². The maximum Gasteiger partial charge on any atom is 0.356 e. The molecule has 0 aromatic heterocycles. The second kappa shape index (κ2) is 25.3. The normalized spacial score (nSPS) is 18.7. The number of hydrogen-bond acceptors (Lipinski definition) is 15. The van der Waals surface area contributed by atoms with Crippen molar-refractivity contribution in [3.63, 3.8) is 0 Å². The summed E-state index contributed by atoms with van der Waals surface area (Å²) in [5.74, 6) is 5.66. The summed E-state index contributed by atoms with van der Waals surface area (Å²) in [7, 11) is 3.03. The summed E-state index contributed by atoms with van der Waals surface area (Å²) in [6.07, 6.45) is 1.06. The Balaban J connectivity index is 1.78. The predicted octanol–water partition coefficient (Wildman–Crippen LogP) is 2.83. The van der Waals surface area contributed by atoms with E-state index in [0.717, 1.165) is 0 Å². The quantitative estimate of drug-likeness (QED) is 0.0208. The molecule has 2 amide bonds. The van der Waals surface area contributed by atoms with Gasteiger partial charge in [0.05, 0.1) is 39.1 Å². The molecule has 2 unspecified atom stereocenters. The van der Waals surface area contributed by atoms with Gasteiger partial charge in [-0.2, -0.15) is 5.82 Å². The zero-order chi connectivity index (χ0) is 40.2. The number of carbonyl (C=O) groups is 2. The van der Waals surface area contributed by atoms with Crippen molar-refractivity contribution in [1.29, 1.82) is 0 Å². The van der Waals surface area contributed by atoms with Gasteiger partial charge in [0, 0.05) is 29.4 Å². The molecule has 54 heavy (non-hydrogen) atoms. The molecule has 1 aliphatic heterocycles. The third-order valence-electron chi connectivity index (χ3n) is 7.04. The van der Waals surface area contributed by atoms with Crippen molar-refractivity contribution in [1.82, 2.24) is 10.6 Å². The number of aliphatic hydroxyl groups is 1. The molecule has 7 N–H and O–H groups in total. The minimum absolute atomic E-state index is 0.0227. The van der Waals surface area contributed by atoms with Crippen LogP contribution < -0.4 is 21.1 Å². The van der Waals surface area contributed by atoms with Crippen molar-refractivity contribution in [3.8, 4) is 17.5 Å². The summed E-state index contributed by atoms with van der Waals surface area (Å²) in [6.45, 7) is 9.75. The van der Waals surface area contributed by atoms with E-state index in [2.05, 4.69) is 43.1 Å². The van der Waals surface area contributed by atoms with Crippen LogP contribution in [-0.2, 0) is 33.0 Å². The van der Waals surface area contributed by atoms with Crippen LogP contribution in [0.4, 0.5) is 0 Å². The number of hydrogen-bond donors (Lipinski definition) is 6. The molecule has 1 radical (unpaired) electrons. The van der Waals surface area contributed by atoms with Crippen LogP contribution in [0.25, 0.3) is 0 Å². The van der Waals surface area contributed by atoms with Crippen molar-refractivity contribution in [2.75, 3.05) is 65.5 Å². The highest BCUT2D eigenvalue weighted by Gasteiger charge is 2.43. The van der Waals surface area contributed by atoms with E-state index in [0.29, 0.717) is 30.8 Å². The summed E-state index contributed by atoms with van der Waals surface area (Å²) < 4.78 is 46.8. The van der Waals surface area contributed by atoms with Gasteiger partial charge >= 0.3 is 7.60 Å². The Morgan fingerprint density at radius 1 is 1.15 bits per heavy atom. The first kappa shape index (κ1) is 49.0. The van der Waals surface area contributed by atoms with Gasteiger partial charge in [-0.1, -0.05) is 75.9 Å². The highest BCUT2D eigenvalue weighted by Crippen LogP contribution is 2.51. The van der Waals surface area contributed by atoms with Crippen LogP contribution in [0.3, 0.4) is 0 Å². The van der Waals surface area contributed by atoms with Gasteiger partial charge in [-0.25, -0.2) is 0 Å². The molecule has 1 fully saturated rings. The maximum absolute atomic E-state index is 12.3. The van der Waals surface area contributed by atoms with Crippen LogP contribution >= 0.6 is 50.8 Å². The van der Waals surface area contributed by atoms with Gasteiger partial charge in [0.25, 0.3) is 13.2 Å². The van der Waals surface area contributed by atoms with E-state index >= 15 is 0 Å². The summed E-state index contributed by atoms with van der Waals surface area (Å²) in [5.41, 5.74) is 5.06. The van der Waals surface area contributed by atoms with E-state index in [9.17, 15) is 29.0 Å². The number of carbonyl (C=O) groups excluding carboxylic acids is 2. The first-order valence-corrected chi connectivity index (χ1v) is 23.6. The predicted molar refractivity (Wildman–Crippen MR) is 218 cm³/mol. The average Bonchev–Trinajstić information content (AvgIpc) is 3.50. The molecule has 1 aromatic rings. The number of nitrogens with two attached hydrogens (primary N) is 1. The summed E-state index contributed by atoms with van der Waals surface area (Å²) in [6, 6.07) is 6.40. The van der Waals surface area contributed by atoms with E-state index in [1.165, 1.54) is 46.2 Å². The molecular weight excluding hydrogens is 800 g/mol. The lowest BCUT2D eigenvalue weighted by atomic mass is 9.71. The monoisotopic (exact) mass is 854 g/mol. The molecule has 1 aromatic carbocycles. The van der Waals surface area contributed by atoms with Crippen LogP contribution in [0.1, 0.15) is 51.4 Å². The Morgan fingerprint density at radius 3 is 2.57 bits per heavy atom. The van der Waals surface area contributed by atoms with Crippen molar-refractivity contribution in [2.24, 2.45) is 5.73 Å². The average molecular weight is 855 g/mol. The van der Waals surface area contributed by atoms with Crippen LogP contribution in [0.15, 0.2) is 24.3 Å². The fourth-order valence-electron chi connectivity index (χ4n) is 4.20. The van der Waals surface area contributed by atoms with Gasteiger partial charge in [0.15, 0.2) is 5.34 Å². The standard InChI is InChI=1S/C33H54BN3O12PS4/c1-32(2,3)54-53-30(22-46-24-10-7-9-23(17-24)31(40)37-14-12-35)45-16-15-44-21-28(39)36-13-8-11-34-27-18-25(49-29(19-38)52-51-6)26(48-27)20-47-33(4,5)50(41,42)43/h7,9-10,17,25-27,29-30,38H,12-16,18-22,35H2,1-6H3,(H,36,39)(H,37,40)(H2,41,42,43)/t25-,26?,27-,29-,30?/m1/s1. The van der Waals surface area contributed by atoms with Crippen molar-refractivity contribution >= 4 is 69.9 Å². The van der Waals surface area contributed by atoms with E-state index in [4.69, 9.17) is 34.2 Å². The molecule has 305 valence electrons. The smallest absolute Gasteiger partial charge is 0.356 e. The Hall–Kier alpha value is -1.15. The van der Waals surface area contributed by atoms with Crippen LogP contribution in [0.2, 0.25) is 0 Å². The molecule has 2 rings (SSSR count). The second-order valence-corrected chi connectivity index (χ2v) is 21.1. The van der Waals surface area contributed by atoms with Gasteiger partial charge in [-0.15, -0.1) is 0 Å². The Kier molecular flexibility index (Phi) is 22.9. The largest absolute Gasteiger partial charge is 0.490 e. The zero-order valence-corrected chi connectivity index (χ0v) is 35.7. The van der Waals surface area contributed by atoms with Gasteiger partial charge < -0.3 is 59.7 Å². The topological polar surface area (TPSA) is 217 Å². The highest BCUT2D eigenvalue weighted by molar-refractivity contribution is 8.77. The number of benzene rings is 1. The minimum Gasteiger partial charge on any atom is -0.490 e. The number of ether oxygens (including phenoxy) is 6. The fourth-order valence-corrected chi connectivity index (χ4v) is 8.06. The van der Waals surface area contributed by atoms with E-state index < -0.39 is 36.6 Å². The summed E-state index contributed by atoms with van der Waals surface area (Å²) in [4.78, 5) is 43.8. The molecule has 5 atom stereocenters. The molecule has 0 saturated carbocycles. The molecule has 0 spiro atoms. The number of nitrogens with one attached hydrogen (secondary N) is 2. The maximum atomic E-state index is 12.3. The molecule has 21 heteroatoms. The lowest BCUT2D eigenvalue weighted by Gasteiger charge is -2.29. The van der Waals surface area contributed by atoms with Crippen molar-refractivity contribution in [2.45, 2.75) is 80.2 Å². The van der Waals surface area contributed by atoms with Crippen LogP contribution in [0.5, 0.6) is 5.75 Å². The zero-order valence-electron chi connectivity index (χ0n) is 31.5. The SMILES string of the molecule is CSS[C@H](CO)O[C@@H]1C[C@H]([B]C#CCNC(=O)COCCOC(COc2cccc(C(=O)NCCN)c2)SSC(C)(C)C)OC1COC(C)(C)P(=O)(O)O. The van der Waals surface area contributed by atoms with Crippen LogP contribution in [0, 0.1) is 11.7 Å². The third kappa shape index (κ3) is 19.8. The number of rotatable bonds is 25. The lowest BCUT2D eigenvalue weighted by Crippen LogP contribution is -2.36. The molecule has 1 heterocycles. The molecule has 1 saturated heterocycles. The lowest BCUT2D eigenvalue weighted by molar-refractivity contribution is -0.126. The van der Waals surface area contributed by atoms with Crippen molar-refractivity contribution < 1.29 is 57.5 Å². The Labute approximate surface area is 335 Å². The summed E-state index contributed by atoms with van der Waals surface area (Å²) >= 11 is 0. The fraction of sp³-hybridized carbons (Fsp3) is 0.697. The Morgan fingerprint density at radius 2 is 1.91 bits per heavy atom. The summed E-state index contributed by atoms with van der Waals surface area (Å²) in [5, 5.41) is 13.4. The van der Waals surface area contributed by atoms with E-state index in [-0.39, 0.29) is 68.2 Å². The molecule has 1 aliphatic rings. The molecule has 0 bridgehead atoms. The van der Waals surface area contributed by atoms with E-state index in [1.807, 2.05) is 6.26 Å². The first-order chi connectivity index (χ1) is 25.5. The molecular formula is C33H54BN3O12PS4.